The van der Waals surface area contributed by atoms with Crippen LogP contribution in [-0.2, 0) is 0 Å². The average molecular weight is 252 g/mol. The summed E-state index contributed by atoms with van der Waals surface area (Å²) in [5.74, 6) is 0.0215. The molecule has 1 aliphatic heterocycles. The van der Waals surface area contributed by atoms with Crippen LogP contribution in [0.2, 0.25) is 5.02 Å². The minimum atomic E-state index is 0.0215. The van der Waals surface area contributed by atoms with E-state index in [1.165, 1.54) is 19.3 Å². The van der Waals surface area contributed by atoms with Gasteiger partial charge < -0.3 is 10.6 Å². The maximum atomic E-state index is 7.41. The molecule has 1 aromatic rings. The van der Waals surface area contributed by atoms with Crippen LogP contribution in [0.15, 0.2) is 18.2 Å². The second kappa shape index (κ2) is 4.96. The van der Waals surface area contributed by atoms with E-state index in [-0.39, 0.29) is 5.84 Å². The average Bonchev–Trinajstić information content (AvgIpc) is 2.29. The molecule has 1 aliphatic rings. The van der Waals surface area contributed by atoms with Crippen LogP contribution < -0.4 is 10.6 Å². The summed E-state index contributed by atoms with van der Waals surface area (Å²) >= 11 is 6.14. The highest BCUT2D eigenvalue weighted by molar-refractivity contribution is 6.34. The lowest BCUT2D eigenvalue weighted by Gasteiger charge is -2.35. The Morgan fingerprint density at radius 2 is 2.24 bits per heavy atom. The second-order valence-electron chi connectivity index (χ2n) is 4.62. The van der Waals surface area contributed by atoms with E-state index in [1.807, 2.05) is 18.2 Å². The van der Waals surface area contributed by atoms with Crippen molar-refractivity contribution in [3.8, 4) is 0 Å². The number of nitrogens with one attached hydrogen (secondary N) is 1. The van der Waals surface area contributed by atoms with Crippen molar-refractivity contribution >= 4 is 23.1 Å². The van der Waals surface area contributed by atoms with Gasteiger partial charge in [-0.1, -0.05) is 11.6 Å². The van der Waals surface area contributed by atoms with Crippen LogP contribution in [0.5, 0.6) is 0 Å². The van der Waals surface area contributed by atoms with Crippen molar-refractivity contribution in [3.63, 3.8) is 0 Å². The molecule has 0 spiro atoms. The molecule has 17 heavy (non-hydrogen) atoms. The highest BCUT2D eigenvalue weighted by atomic mass is 35.5. The van der Waals surface area contributed by atoms with Gasteiger partial charge >= 0.3 is 0 Å². The fraction of sp³-hybridized carbons (Fsp3) is 0.462. The smallest absolute Gasteiger partial charge is 0.124 e. The van der Waals surface area contributed by atoms with Crippen molar-refractivity contribution < 1.29 is 0 Å². The van der Waals surface area contributed by atoms with Gasteiger partial charge in [0.1, 0.15) is 5.84 Å². The van der Waals surface area contributed by atoms with Crippen molar-refractivity contribution in [3.05, 3.63) is 28.8 Å². The molecule has 0 aliphatic carbocycles. The number of benzene rings is 1. The third kappa shape index (κ3) is 2.55. The molecule has 0 amide bonds. The van der Waals surface area contributed by atoms with Gasteiger partial charge in [0.15, 0.2) is 0 Å². The summed E-state index contributed by atoms with van der Waals surface area (Å²) in [6.07, 6.45) is 3.76. The molecule has 3 N–H and O–H groups in total. The molecule has 92 valence electrons. The molecular formula is C13H18ClN3. The normalized spacial score (nSPS) is 20.4. The molecule has 1 heterocycles. The summed E-state index contributed by atoms with van der Waals surface area (Å²) in [6.45, 7) is 3.32. The first-order valence-electron chi connectivity index (χ1n) is 6.00. The molecule has 1 atom stereocenters. The zero-order valence-electron chi connectivity index (χ0n) is 10.0. The van der Waals surface area contributed by atoms with Crippen molar-refractivity contribution in [2.24, 2.45) is 5.73 Å². The van der Waals surface area contributed by atoms with E-state index in [9.17, 15) is 0 Å². The Kier molecular flexibility index (Phi) is 3.57. The number of nitrogen functional groups attached to an aromatic ring is 1. The maximum absolute atomic E-state index is 7.41. The lowest BCUT2D eigenvalue weighted by Crippen LogP contribution is -2.37. The molecule has 0 saturated carbocycles. The fourth-order valence-corrected chi connectivity index (χ4v) is 2.66. The van der Waals surface area contributed by atoms with Crippen molar-refractivity contribution in [2.45, 2.75) is 32.2 Å². The maximum Gasteiger partial charge on any atom is 0.124 e. The predicted molar refractivity (Wildman–Crippen MR) is 73.1 cm³/mol. The first kappa shape index (κ1) is 12.2. The summed E-state index contributed by atoms with van der Waals surface area (Å²) in [4.78, 5) is 2.37. The highest BCUT2D eigenvalue weighted by Gasteiger charge is 2.19. The molecule has 2 rings (SSSR count). The highest BCUT2D eigenvalue weighted by Crippen LogP contribution is 2.28. The molecule has 1 unspecified atom stereocenters. The topological polar surface area (TPSA) is 53.1 Å². The Hall–Kier alpha value is -1.22. The van der Waals surface area contributed by atoms with E-state index < -0.39 is 0 Å². The van der Waals surface area contributed by atoms with Gasteiger partial charge in [-0.15, -0.1) is 0 Å². The number of hydrogen-bond acceptors (Lipinski definition) is 2. The third-order valence-corrected chi connectivity index (χ3v) is 3.69. The Morgan fingerprint density at radius 3 is 2.82 bits per heavy atom. The van der Waals surface area contributed by atoms with Crippen molar-refractivity contribution in [1.82, 2.24) is 0 Å². The number of nitrogens with zero attached hydrogens (tertiary/aromatic N) is 1. The Balaban J connectivity index is 2.27. The zero-order chi connectivity index (χ0) is 12.4. The lowest BCUT2D eigenvalue weighted by atomic mass is 10.0. The monoisotopic (exact) mass is 251 g/mol. The van der Waals surface area contributed by atoms with Gasteiger partial charge in [0.2, 0.25) is 0 Å². The minimum absolute atomic E-state index is 0.0215. The quantitative estimate of drug-likeness (QED) is 0.627. The van der Waals surface area contributed by atoms with Gasteiger partial charge in [-0.25, -0.2) is 0 Å². The molecule has 1 aromatic carbocycles. The van der Waals surface area contributed by atoms with E-state index in [1.54, 1.807) is 0 Å². The van der Waals surface area contributed by atoms with Crippen molar-refractivity contribution in [1.29, 1.82) is 5.41 Å². The van der Waals surface area contributed by atoms with Gasteiger partial charge in [0.05, 0.1) is 5.02 Å². The number of amidine groups is 1. The summed E-state index contributed by atoms with van der Waals surface area (Å²) in [5, 5.41) is 7.97. The molecular weight excluding hydrogens is 234 g/mol. The van der Waals surface area contributed by atoms with Gasteiger partial charge in [0.25, 0.3) is 0 Å². The Labute approximate surface area is 107 Å². The van der Waals surface area contributed by atoms with Crippen LogP contribution >= 0.6 is 11.6 Å². The summed E-state index contributed by atoms with van der Waals surface area (Å²) in [7, 11) is 0. The minimum Gasteiger partial charge on any atom is -0.384 e. The van der Waals surface area contributed by atoms with E-state index in [2.05, 4.69) is 11.8 Å². The Bertz CT molecular complexity index is 431. The number of rotatable bonds is 2. The Morgan fingerprint density at radius 1 is 1.47 bits per heavy atom. The molecule has 3 nitrogen and oxygen atoms in total. The van der Waals surface area contributed by atoms with Gasteiger partial charge in [0, 0.05) is 23.8 Å². The number of piperidine rings is 1. The SMILES string of the molecule is CC1CCCCN1c1ccc(C(=N)N)c(Cl)c1. The predicted octanol–water partition coefficient (Wildman–Crippen LogP) is 3.00. The van der Waals surface area contributed by atoms with Crippen LogP contribution in [0.25, 0.3) is 0 Å². The fourth-order valence-electron chi connectivity index (χ4n) is 2.38. The number of anilines is 1. The summed E-state index contributed by atoms with van der Waals surface area (Å²) in [6, 6.07) is 6.31. The van der Waals surface area contributed by atoms with E-state index in [0.717, 1.165) is 12.2 Å². The van der Waals surface area contributed by atoms with E-state index >= 15 is 0 Å². The number of halogens is 1. The lowest BCUT2D eigenvalue weighted by molar-refractivity contribution is 0.485. The van der Waals surface area contributed by atoms with Gasteiger partial charge in [-0.3, -0.25) is 5.41 Å². The molecule has 1 fully saturated rings. The summed E-state index contributed by atoms with van der Waals surface area (Å²) in [5.41, 5.74) is 7.20. The largest absolute Gasteiger partial charge is 0.384 e. The van der Waals surface area contributed by atoms with Crippen LogP contribution in [0.1, 0.15) is 31.7 Å². The molecule has 0 bridgehead atoms. The zero-order valence-corrected chi connectivity index (χ0v) is 10.8. The van der Waals surface area contributed by atoms with Crippen LogP contribution in [0.3, 0.4) is 0 Å². The first-order chi connectivity index (χ1) is 8.09. The number of hydrogen-bond donors (Lipinski definition) is 2. The first-order valence-corrected chi connectivity index (χ1v) is 6.38. The van der Waals surface area contributed by atoms with Crippen molar-refractivity contribution in [2.75, 3.05) is 11.4 Å². The van der Waals surface area contributed by atoms with Crippen LogP contribution in [0.4, 0.5) is 5.69 Å². The van der Waals surface area contributed by atoms with Crippen LogP contribution in [0, 0.1) is 5.41 Å². The van der Waals surface area contributed by atoms with Gasteiger partial charge in [-0.2, -0.15) is 0 Å². The van der Waals surface area contributed by atoms with Gasteiger partial charge in [-0.05, 0) is 44.4 Å². The standard InChI is InChI=1S/C13H18ClN3/c1-9-4-2-3-7-17(9)10-5-6-11(13(15)16)12(14)8-10/h5-6,8-9H,2-4,7H2,1H3,(H3,15,16). The molecule has 4 heteroatoms. The molecule has 0 aromatic heterocycles. The van der Waals surface area contributed by atoms with E-state index in [0.29, 0.717) is 16.6 Å². The second-order valence-corrected chi connectivity index (χ2v) is 5.02. The third-order valence-electron chi connectivity index (χ3n) is 3.38. The molecule has 1 saturated heterocycles. The molecule has 0 radical (unpaired) electrons. The van der Waals surface area contributed by atoms with Crippen LogP contribution in [-0.4, -0.2) is 18.4 Å². The van der Waals surface area contributed by atoms with E-state index in [4.69, 9.17) is 22.7 Å². The number of nitrogens with two attached hydrogens (primary N) is 1. The summed E-state index contributed by atoms with van der Waals surface area (Å²) < 4.78 is 0.